The number of sulfonamides is 1. The average Bonchev–Trinajstić information content (AvgIpc) is 2.73. The van der Waals surface area contributed by atoms with E-state index >= 15 is 0 Å². The quantitative estimate of drug-likeness (QED) is 0.636. The van der Waals surface area contributed by atoms with Gasteiger partial charge in [0.2, 0.25) is 10.0 Å². The SMILES string of the molecule is CC(=O)c1ccc(S(=O)(=O)N2CCc3ccccc3C2c2cccnc2)cc1. The number of carbonyl (C=O) groups excluding carboxylic acids is 1. The van der Waals surface area contributed by atoms with Gasteiger partial charge in [0.05, 0.1) is 10.9 Å². The smallest absolute Gasteiger partial charge is 0.243 e. The summed E-state index contributed by atoms with van der Waals surface area (Å²) in [7, 11) is -3.75. The molecule has 0 spiro atoms. The fourth-order valence-electron chi connectivity index (χ4n) is 3.68. The van der Waals surface area contributed by atoms with Crippen LogP contribution >= 0.6 is 0 Å². The number of fused-ring (bicyclic) bond motifs is 1. The second-order valence-electron chi connectivity index (χ2n) is 6.83. The lowest BCUT2D eigenvalue weighted by molar-refractivity contribution is 0.101. The van der Waals surface area contributed by atoms with E-state index in [0.29, 0.717) is 18.5 Å². The lowest BCUT2D eigenvalue weighted by Crippen LogP contribution is -2.40. The van der Waals surface area contributed by atoms with Crippen LogP contribution in [0.15, 0.2) is 78.0 Å². The molecule has 28 heavy (non-hydrogen) atoms. The highest BCUT2D eigenvalue weighted by Gasteiger charge is 2.37. The maximum atomic E-state index is 13.5. The van der Waals surface area contributed by atoms with E-state index in [2.05, 4.69) is 4.98 Å². The minimum atomic E-state index is -3.75. The van der Waals surface area contributed by atoms with Crippen molar-refractivity contribution < 1.29 is 13.2 Å². The van der Waals surface area contributed by atoms with Gasteiger partial charge < -0.3 is 0 Å². The van der Waals surface area contributed by atoms with Gasteiger partial charge in [-0.05, 0) is 48.2 Å². The zero-order valence-corrected chi connectivity index (χ0v) is 16.3. The van der Waals surface area contributed by atoms with Crippen molar-refractivity contribution >= 4 is 15.8 Å². The van der Waals surface area contributed by atoms with Crippen LogP contribution in [0.5, 0.6) is 0 Å². The third kappa shape index (κ3) is 3.25. The van der Waals surface area contributed by atoms with Gasteiger partial charge in [-0.25, -0.2) is 8.42 Å². The number of pyridine rings is 1. The molecule has 0 saturated heterocycles. The van der Waals surface area contributed by atoms with E-state index in [1.54, 1.807) is 24.5 Å². The maximum absolute atomic E-state index is 13.5. The van der Waals surface area contributed by atoms with Crippen molar-refractivity contribution in [2.75, 3.05) is 6.54 Å². The van der Waals surface area contributed by atoms with E-state index < -0.39 is 16.1 Å². The predicted octanol–water partition coefficient (Wildman–Crippen LogP) is 3.62. The minimum Gasteiger partial charge on any atom is -0.295 e. The molecule has 142 valence electrons. The van der Waals surface area contributed by atoms with Crippen LogP contribution in [0.1, 0.15) is 40.0 Å². The third-order valence-electron chi connectivity index (χ3n) is 5.11. The van der Waals surface area contributed by atoms with Crippen molar-refractivity contribution in [2.24, 2.45) is 0 Å². The van der Waals surface area contributed by atoms with E-state index in [1.807, 2.05) is 36.4 Å². The summed E-state index contributed by atoms with van der Waals surface area (Å²) in [5.74, 6) is -0.0934. The number of aromatic nitrogens is 1. The number of rotatable bonds is 4. The van der Waals surface area contributed by atoms with Gasteiger partial charge in [0.25, 0.3) is 0 Å². The molecule has 0 aliphatic carbocycles. The van der Waals surface area contributed by atoms with Gasteiger partial charge in [-0.15, -0.1) is 0 Å². The molecule has 4 rings (SSSR count). The highest BCUT2D eigenvalue weighted by atomic mass is 32.2. The van der Waals surface area contributed by atoms with Crippen LogP contribution in [0.2, 0.25) is 0 Å². The summed E-state index contributed by atoms with van der Waals surface area (Å²) in [6.45, 7) is 1.84. The Hall–Kier alpha value is -2.83. The molecule has 1 unspecified atom stereocenters. The number of ketones is 1. The van der Waals surface area contributed by atoms with E-state index in [9.17, 15) is 13.2 Å². The molecule has 0 amide bonds. The molecule has 0 radical (unpaired) electrons. The molecule has 0 saturated carbocycles. The minimum absolute atomic E-state index is 0.0934. The standard InChI is InChI=1S/C22H20N2O3S/c1-16(25)17-8-10-20(11-9-17)28(26,27)24-14-12-18-5-2-3-7-21(18)22(24)19-6-4-13-23-15-19/h2-11,13,15,22H,12,14H2,1H3. The second-order valence-corrected chi connectivity index (χ2v) is 8.72. The van der Waals surface area contributed by atoms with Gasteiger partial charge in [0.1, 0.15) is 0 Å². The topological polar surface area (TPSA) is 67.3 Å². The first kappa shape index (κ1) is 18.5. The Kier molecular flexibility index (Phi) is 4.83. The van der Waals surface area contributed by atoms with Gasteiger partial charge >= 0.3 is 0 Å². The van der Waals surface area contributed by atoms with Gasteiger partial charge in [-0.2, -0.15) is 4.31 Å². The van der Waals surface area contributed by atoms with Crippen molar-refractivity contribution in [2.45, 2.75) is 24.3 Å². The molecule has 2 heterocycles. The fraction of sp³-hybridized carbons (Fsp3) is 0.182. The van der Waals surface area contributed by atoms with Gasteiger partial charge in [0.15, 0.2) is 5.78 Å². The number of nitrogens with zero attached hydrogens (tertiary/aromatic N) is 2. The fourth-order valence-corrected chi connectivity index (χ4v) is 5.28. The van der Waals surface area contributed by atoms with Crippen molar-refractivity contribution in [1.29, 1.82) is 0 Å². The Labute approximate surface area is 164 Å². The van der Waals surface area contributed by atoms with Crippen molar-refractivity contribution in [3.63, 3.8) is 0 Å². The van der Waals surface area contributed by atoms with Crippen LogP contribution in [-0.4, -0.2) is 30.0 Å². The summed E-state index contributed by atoms with van der Waals surface area (Å²) in [6.07, 6.45) is 4.05. The third-order valence-corrected chi connectivity index (χ3v) is 6.99. The van der Waals surface area contributed by atoms with E-state index in [1.165, 1.54) is 23.4 Å². The van der Waals surface area contributed by atoms with E-state index in [-0.39, 0.29) is 10.7 Å². The molecule has 0 fully saturated rings. The van der Waals surface area contributed by atoms with Crippen LogP contribution in [-0.2, 0) is 16.4 Å². The molecule has 2 aromatic carbocycles. The summed E-state index contributed by atoms with van der Waals surface area (Å²) in [4.78, 5) is 15.9. The molecule has 5 nitrogen and oxygen atoms in total. The summed E-state index contributed by atoms with van der Waals surface area (Å²) in [5, 5.41) is 0. The number of hydrogen-bond donors (Lipinski definition) is 0. The Morgan fingerprint density at radius 1 is 1.04 bits per heavy atom. The lowest BCUT2D eigenvalue weighted by Gasteiger charge is -2.36. The summed E-state index contributed by atoms with van der Waals surface area (Å²) in [5.41, 5.74) is 3.45. The number of benzene rings is 2. The average molecular weight is 392 g/mol. The molecule has 1 aromatic heterocycles. The first-order chi connectivity index (χ1) is 13.5. The summed E-state index contributed by atoms with van der Waals surface area (Å²) >= 11 is 0. The summed E-state index contributed by atoms with van der Waals surface area (Å²) in [6, 6.07) is 17.4. The highest BCUT2D eigenvalue weighted by Crippen LogP contribution is 2.38. The monoisotopic (exact) mass is 392 g/mol. The molecule has 3 aromatic rings. The number of Topliss-reactive ketones (excluding diaryl/α,β-unsaturated/α-hetero) is 1. The predicted molar refractivity (Wildman–Crippen MR) is 107 cm³/mol. The molecule has 0 bridgehead atoms. The van der Waals surface area contributed by atoms with Crippen molar-refractivity contribution in [3.8, 4) is 0 Å². The Morgan fingerprint density at radius 2 is 1.79 bits per heavy atom. The molecule has 1 aliphatic heterocycles. The van der Waals surface area contributed by atoms with Crippen LogP contribution in [0.3, 0.4) is 0 Å². The largest absolute Gasteiger partial charge is 0.295 e. The molecular weight excluding hydrogens is 372 g/mol. The molecule has 6 heteroatoms. The first-order valence-corrected chi connectivity index (χ1v) is 10.5. The van der Waals surface area contributed by atoms with Crippen LogP contribution in [0.25, 0.3) is 0 Å². The van der Waals surface area contributed by atoms with Crippen LogP contribution < -0.4 is 0 Å². The zero-order chi connectivity index (χ0) is 19.7. The number of hydrogen-bond acceptors (Lipinski definition) is 4. The van der Waals surface area contributed by atoms with E-state index in [0.717, 1.165) is 16.7 Å². The van der Waals surface area contributed by atoms with E-state index in [4.69, 9.17) is 0 Å². The van der Waals surface area contributed by atoms with Gasteiger partial charge in [0, 0.05) is 24.5 Å². The van der Waals surface area contributed by atoms with Crippen LogP contribution in [0, 0.1) is 0 Å². The van der Waals surface area contributed by atoms with Crippen molar-refractivity contribution in [1.82, 2.24) is 9.29 Å². The zero-order valence-electron chi connectivity index (χ0n) is 15.4. The second kappa shape index (κ2) is 7.30. The molecule has 0 N–H and O–H groups in total. The first-order valence-electron chi connectivity index (χ1n) is 9.09. The summed E-state index contributed by atoms with van der Waals surface area (Å²) < 4.78 is 28.5. The highest BCUT2D eigenvalue weighted by molar-refractivity contribution is 7.89. The number of carbonyl (C=O) groups is 1. The normalized spacial score (nSPS) is 17.1. The molecule has 1 aliphatic rings. The van der Waals surface area contributed by atoms with Gasteiger partial charge in [-0.1, -0.05) is 42.5 Å². The Morgan fingerprint density at radius 3 is 2.46 bits per heavy atom. The van der Waals surface area contributed by atoms with Gasteiger partial charge in [-0.3, -0.25) is 9.78 Å². The maximum Gasteiger partial charge on any atom is 0.243 e. The molecular formula is C22H20N2O3S. The van der Waals surface area contributed by atoms with Crippen molar-refractivity contribution in [3.05, 3.63) is 95.3 Å². The lowest BCUT2D eigenvalue weighted by atomic mass is 9.91. The van der Waals surface area contributed by atoms with Crippen LogP contribution in [0.4, 0.5) is 0 Å². The Bertz CT molecular complexity index is 1110. The Balaban J connectivity index is 1.82. The molecule has 1 atom stereocenters.